The van der Waals surface area contributed by atoms with Crippen LogP contribution in [0.4, 0.5) is 4.79 Å². The highest BCUT2D eigenvalue weighted by molar-refractivity contribution is 6.35. The number of carbonyl (C=O) groups excluding carboxylic acids is 2. The molecule has 1 aliphatic rings. The molecule has 1 fully saturated rings. The van der Waals surface area contributed by atoms with E-state index in [9.17, 15) is 9.59 Å². The van der Waals surface area contributed by atoms with Crippen molar-refractivity contribution in [2.24, 2.45) is 0 Å². The van der Waals surface area contributed by atoms with Gasteiger partial charge >= 0.3 is 6.09 Å². The summed E-state index contributed by atoms with van der Waals surface area (Å²) >= 11 is 12.0. The Bertz CT molecular complexity index is 605. The predicted octanol–water partition coefficient (Wildman–Crippen LogP) is 2.43. The van der Waals surface area contributed by atoms with E-state index < -0.39 is 0 Å². The monoisotopic (exact) mass is 387 g/mol. The number of piperazine rings is 1. The van der Waals surface area contributed by atoms with Crippen LogP contribution in [0.2, 0.25) is 10.0 Å². The van der Waals surface area contributed by atoms with Crippen LogP contribution in [0.3, 0.4) is 0 Å². The van der Waals surface area contributed by atoms with Crippen LogP contribution in [-0.4, -0.2) is 67.7 Å². The second-order valence-corrected chi connectivity index (χ2v) is 6.64. The van der Waals surface area contributed by atoms with Crippen LogP contribution < -0.4 is 5.32 Å². The molecule has 8 heteroatoms. The lowest BCUT2D eigenvalue weighted by molar-refractivity contribution is -0.122. The molecule has 0 spiro atoms. The molecule has 0 atom stereocenters. The minimum atomic E-state index is -0.286. The average Bonchev–Trinajstić information content (AvgIpc) is 2.57. The summed E-state index contributed by atoms with van der Waals surface area (Å²) in [6.45, 7) is 5.48. The number of nitrogens with one attached hydrogen (secondary N) is 1. The van der Waals surface area contributed by atoms with Crippen molar-refractivity contribution >= 4 is 35.2 Å². The van der Waals surface area contributed by atoms with E-state index in [0.29, 0.717) is 62.3 Å². The van der Waals surface area contributed by atoms with Crippen LogP contribution in [0.5, 0.6) is 0 Å². The second kappa shape index (κ2) is 9.85. The summed E-state index contributed by atoms with van der Waals surface area (Å²) in [6, 6.07) is 5.35. The maximum Gasteiger partial charge on any atom is 0.409 e. The van der Waals surface area contributed by atoms with Gasteiger partial charge in [-0.05, 0) is 31.0 Å². The maximum absolute atomic E-state index is 12.0. The third-order valence-corrected chi connectivity index (χ3v) is 4.58. The Morgan fingerprint density at radius 3 is 2.56 bits per heavy atom. The first-order valence-corrected chi connectivity index (χ1v) is 9.10. The summed E-state index contributed by atoms with van der Waals surface area (Å²) in [5.41, 5.74) is 0.953. The number of rotatable bonds is 6. The highest BCUT2D eigenvalue weighted by Crippen LogP contribution is 2.21. The van der Waals surface area contributed by atoms with Gasteiger partial charge in [0.1, 0.15) is 0 Å². The number of amides is 2. The molecule has 1 heterocycles. The molecular formula is C17H23Cl2N3O3. The van der Waals surface area contributed by atoms with Crippen LogP contribution in [0, 0.1) is 0 Å². The van der Waals surface area contributed by atoms with E-state index in [2.05, 4.69) is 5.32 Å². The van der Waals surface area contributed by atoms with Crippen molar-refractivity contribution in [2.75, 3.05) is 45.9 Å². The fraction of sp³-hybridized carbons (Fsp3) is 0.529. The lowest BCUT2D eigenvalue weighted by Crippen LogP contribution is -2.51. The number of hydrogen-bond acceptors (Lipinski definition) is 4. The van der Waals surface area contributed by atoms with Crippen molar-refractivity contribution in [1.29, 1.82) is 0 Å². The molecule has 138 valence electrons. The SMILES string of the molecule is CCOC(=O)N1CCN(CC(=O)NCCc2ccc(Cl)cc2Cl)CC1. The maximum atomic E-state index is 12.0. The molecule has 1 aromatic rings. The van der Waals surface area contributed by atoms with Gasteiger partial charge in [0.25, 0.3) is 0 Å². The Labute approximate surface area is 158 Å². The van der Waals surface area contributed by atoms with Gasteiger partial charge in [-0.1, -0.05) is 29.3 Å². The van der Waals surface area contributed by atoms with E-state index in [0.717, 1.165) is 5.56 Å². The molecule has 0 radical (unpaired) electrons. The zero-order valence-electron chi connectivity index (χ0n) is 14.3. The quantitative estimate of drug-likeness (QED) is 0.813. The van der Waals surface area contributed by atoms with E-state index in [1.807, 2.05) is 11.0 Å². The third-order valence-electron chi connectivity index (χ3n) is 4.00. The summed E-state index contributed by atoms with van der Waals surface area (Å²) in [4.78, 5) is 27.4. The predicted molar refractivity (Wildman–Crippen MR) is 98.2 cm³/mol. The molecule has 0 aromatic heterocycles. The van der Waals surface area contributed by atoms with E-state index in [-0.39, 0.29) is 12.0 Å². The summed E-state index contributed by atoms with van der Waals surface area (Å²) in [5, 5.41) is 4.10. The molecule has 0 aliphatic carbocycles. The largest absolute Gasteiger partial charge is 0.450 e. The Morgan fingerprint density at radius 1 is 1.20 bits per heavy atom. The Balaban J connectivity index is 1.67. The average molecular weight is 388 g/mol. The molecular weight excluding hydrogens is 365 g/mol. The van der Waals surface area contributed by atoms with Gasteiger partial charge in [-0.15, -0.1) is 0 Å². The van der Waals surface area contributed by atoms with E-state index in [1.54, 1.807) is 24.0 Å². The number of carbonyl (C=O) groups is 2. The van der Waals surface area contributed by atoms with Gasteiger partial charge in [0.15, 0.2) is 0 Å². The number of ether oxygens (including phenoxy) is 1. The minimum absolute atomic E-state index is 0.0327. The number of benzene rings is 1. The van der Waals surface area contributed by atoms with Crippen LogP contribution in [0.1, 0.15) is 12.5 Å². The Hall–Kier alpha value is -1.50. The number of hydrogen-bond donors (Lipinski definition) is 1. The first kappa shape index (κ1) is 19.8. The molecule has 1 N–H and O–H groups in total. The second-order valence-electron chi connectivity index (χ2n) is 5.80. The molecule has 2 rings (SSSR count). The molecule has 1 aromatic carbocycles. The topological polar surface area (TPSA) is 61.9 Å². The molecule has 0 unspecified atom stereocenters. The standard InChI is InChI=1S/C17H23Cl2N3O3/c1-2-25-17(24)22-9-7-21(8-10-22)12-16(23)20-6-5-13-3-4-14(18)11-15(13)19/h3-4,11H,2,5-10,12H2,1H3,(H,20,23). The smallest absolute Gasteiger partial charge is 0.409 e. The first-order chi connectivity index (χ1) is 12.0. The van der Waals surface area contributed by atoms with Gasteiger partial charge in [-0.2, -0.15) is 0 Å². The van der Waals surface area contributed by atoms with Gasteiger partial charge in [-0.3, -0.25) is 9.69 Å². The normalized spacial score (nSPS) is 15.1. The Morgan fingerprint density at radius 2 is 1.92 bits per heavy atom. The van der Waals surface area contributed by atoms with Crippen molar-refractivity contribution in [1.82, 2.24) is 15.1 Å². The Kier molecular flexibility index (Phi) is 7.81. The molecule has 6 nitrogen and oxygen atoms in total. The van der Waals surface area contributed by atoms with Crippen LogP contribution >= 0.6 is 23.2 Å². The minimum Gasteiger partial charge on any atom is -0.450 e. The molecule has 0 bridgehead atoms. The molecule has 0 saturated carbocycles. The number of nitrogens with zero attached hydrogens (tertiary/aromatic N) is 2. The lowest BCUT2D eigenvalue weighted by Gasteiger charge is -2.33. The zero-order chi connectivity index (χ0) is 18.2. The van der Waals surface area contributed by atoms with Crippen LogP contribution in [-0.2, 0) is 16.0 Å². The van der Waals surface area contributed by atoms with Crippen molar-refractivity contribution in [3.05, 3.63) is 33.8 Å². The van der Waals surface area contributed by atoms with Gasteiger partial charge in [0.05, 0.1) is 13.2 Å². The van der Waals surface area contributed by atoms with Gasteiger partial charge in [-0.25, -0.2) is 4.79 Å². The summed E-state index contributed by atoms with van der Waals surface area (Å²) in [7, 11) is 0. The highest BCUT2D eigenvalue weighted by Gasteiger charge is 2.22. The van der Waals surface area contributed by atoms with Gasteiger partial charge < -0.3 is 15.0 Å². The lowest BCUT2D eigenvalue weighted by atomic mass is 10.1. The van der Waals surface area contributed by atoms with Gasteiger partial charge in [0.2, 0.25) is 5.91 Å². The van der Waals surface area contributed by atoms with Crippen LogP contribution in [0.25, 0.3) is 0 Å². The van der Waals surface area contributed by atoms with Crippen LogP contribution in [0.15, 0.2) is 18.2 Å². The third kappa shape index (κ3) is 6.38. The summed E-state index contributed by atoms with van der Waals surface area (Å²) < 4.78 is 4.98. The molecule has 1 aliphatic heterocycles. The highest BCUT2D eigenvalue weighted by atomic mass is 35.5. The van der Waals surface area contributed by atoms with Crippen molar-refractivity contribution in [3.8, 4) is 0 Å². The zero-order valence-corrected chi connectivity index (χ0v) is 15.8. The fourth-order valence-electron chi connectivity index (χ4n) is 2.62. The summed E-state index contributed by atoms with van der Waals surface area (Å²) in [5.74, 6) is -0.0327. The molecule has 25 heavy (non-hydrogen) atoms. The fourth-order valence-corrected chi connectivity index (χ4v) is 3.13. The first-order valence-electron chi connectivity index (χ1n) is 8.34. The van der Waals surface area contributed by atoms with Crippen molar-refractivity contribution < 1.29 is 14.3 Å². The van der Waals surface area contributed by atoms with Crippen molar-refractivity contribution in [3.63, 3.8) is 0 Å². The molecule has 2 amide bonds. The van der Waals surface area contributed by atoms with Gasteiger partial charge in [0, 0.05) is 42.8 Å². The van der Waals surface area contributed by atoms with Crippen molar-refractivity contribution in [2.45, 2.75) is 13.3 Å². The van der Waals surface area contributed by atoms with E-state index in [1.165, 1.54) is 0 Å². The van der Waals surface area contributed by atoms with E-state index >= 15 is 0 Å². The van der Waals surface area contributed by atoms with E-state index in [4.69, 9.17) is 27.9 Å². The molecule has 1 saturated heterocycles. The summed E-state index contributed by atoms with van der Waals surface area (Å²) in [6.07, 6.45) is 0.365. The number of halogens is 2.